The zero-order valence-electron chi connectivity index (χ0n) is 14.1. The van der Waals surface area contributed by atoms with Crippen LogP contribution in [0.5, 0.6) is 0 Å². The Labute approximate surface area is 154 Å². The molecule has 1 atom stereocenters. The summed E-state index contributed by atoms with van der Waals surface area (Å²) in [4.78, 5) is 38.2. The quantitative estimate of drug-likeness (QED) is 0.685. The number of carbonyl (C=O) groups is 2. The first-order valence-electron chi connectivity index (χ1n) is 8.43. The van der Waals surface area contributed by atoms with Gasteiger partial charge < -0.3 is 25.6 Å². The van der Waals surface area contributed by atoms with E-state index in [0.29, 0.717) is 51.1 Å². The number of nitrogens with zero attached hydrogens (tertiary/aromatic N) is 3. The first kappa shape index (κ1) is 18.3. The average molecular weight is 385 g/mol. The molecule has 0 aliphatic carbocycles. The van der Waals surface area contributed by atoms with Gasteiger partial charge in [0, 0.05) is 32.1 Å². The van der Waals surface area contributed by atoms with Gasteiger partial charge in [-0.2, -0.15) is 5.10 Å². The van der Waals surface area contributed by atoms with E-state index < -0.39 is 17.7 Å². The predicted molar refractivity (Wildman–Crippen MR) is 94.3 cm³/mol. The fraction of sp³-hybridized carbons (Fsp3) is 0.600. The molecule has 11 heteroatoms. The highest BCUT2D eigenvalue weighted by Gasteiger charge is 2.29. The molecule has 26 heavy (non-hydrogen) atoms. The second kappa shape index (κ2) is 7.81. The lowest BCUT2D eigenvalue weighted by Crippen LogP contribution is -2.48. The number of nitrogens with one attached hydrogen (secondary N) is 2. The molecule has 10 nitrogen and oxygen atoms in total. The Morgan fingerprint density at radius 1 is 1.31 bits per heavy atom. The van der Waals surface area contributed by atoms with Crippen molar-refractivity contribution in [1.29, 1.82) is 0 Å². The summed E-state index contributed by atoms with van der Waals surface area (Å²) in [6.07, 6.45) is 2.63. The van der Waals surface area contributed by atoms with Crippen LogP contribution in [-0.2, 0) is 4.74 Å². The molecule has 4 N–H and O–H groups in total. The normalized spacial score (nSPS) is 20.9. The number of carbonyl (C=O) groups excluding carboxylic acids is 2. The van der Waals surface area contributed by atoms with Crippen LogP contribution >= 0.6 is 11.6 Å². The third-order valence-corrected chi connectivity index (χ3v) is 5.03. The number of ether oxygens (including phenoxy) is 1. The third-order valence-electron chi connectivity index (χ3n) is 4.67. The molecule has 2 aliphatic rings. The van der Waals surface area contributed by atoms with Gasteiger partial charge in [-0.15, -0.1) is 0 Å². The highest BCUT2D eigenvalue weighted by molar-refractivity contribution is 6.33. The topological polar surface area (TPSA) is 134 Å². The van der Waals surface area contributed by atoms with Gasteiger partial charge in [0.05, 0.1) is 18.4 Å². The second-order valence-electron chi connectivity index (χ2n) is 6.40. The van der Waals surface area contributed by atoms with Crippen molar-refractivity contribution >= 4 is 29.4 Å². The molecule has 0 radical (unpaired) electrons. The third kappa shape index (κ3) is 4.18. The largest absolute Gasteiger partial charge is 0.444 e. The summed E-state index contributed by atoms with van der Waals surface area (Å²) < 4.78 is 5.46. The Hall–Kier alpha value is -2.49. The number of hydrogen-bond acceptors (Lipinski definition) is 6. The standard InChI is InChI=1S/C15H21ClN6O4/c16-12-11(7-18-20-13(12)23)22-6-3-10(8-22)26-15(25)19-9-1-4-21(5-2-9)14(17)24/h7,9-10H,1-6,8H2,(H2,17,24)(H,19,25)(H,20,23)/t10-/m1/s1. The Balaban J connectivity index is 1.47. The van der Waals surface area contributed by atoms with Crippen LogP contribution in [0, 0.1) is 0 Å². The minimum Gasteiger partial charge on any atom is -0.444 e. The number of urea groups is 1. The SMILES string of the molecule is NC(=O)N1CCC(NC(=O)O[C@@H]2CCN(c3cn[nH]c(=O)c3Cl)C2)CC1. The van der Waals surface area contributed by atoms with Gasteiger partial charge in [0.25, 0.3) is 5.56 Å². The maximum absolute atomic E-state index is 12.1. The van der Waals surface area contributed by atoms with Gasteiger partial charge in [-0.05, 0) is 12.8 Å². The van der Waals surface area contributed by atoms with Gasteiger partial charge in [0.1, 0.15) is 11.1 Å². The minimum absolute atomic E-state index is 0.0399. The Kier molecular flexibility index (Phi) is 5.50. The lowest BCUT2D eigenvalue weighted by atomic mass is 10.1. The van der Waals surface area contributed by atoms with E-state index in [1.54, 1.807) is 4.90 Å². The van der Waals surface area contributed by atoms with E-state index in [2.05, 4.69) is 15.5 Å². The molecule has 3 rings (SSSR count). The molecule has 142 valence electrons. The zero-order chi connectivity index (χ0) is 18.7. The maximum atomic E-state index is 12.1. The summed E-state index contributed by atoms with van der Waals surface area (Å²) in [5.74, 6) is 0. The number of likely N-dealkylation sites (tertiary alicyclic amines) is 1. The van der Waals surface area contributed by atoms with Gasteiger partial charge >= 0.3 is 12.1 Å². The molecule has 3 amide bonds. The molecular weight excluding hydrogens is 364 g/mol. The van der Waals surface area contributed by atoms with Gasteiger partial charge in [-0.1, -0.05) is 11.6 Å². The van der Waals surface area contributed by atoms with Crippen molar-refractivity contribution in [2.24, 2.45) is 5.73 Å². The number of aromatic amines is 1. The molecule has 0 aromatic carbocycles. The van der Waals surface area contributed by atoms with E-state index in [0.717, 1.165) is 0 Å². The van der Waals surface area contributed by atoms with Crippen molar-refractivity contribution < 1.29 is 14.3 Å². The molecule has 0 saturated carbocycles. The molecule has 3 heterocycles. The van der Waals surface area contributed by atoms with E-state index in [9.17, 15) is 14.4 Å². The smallest absolute Gasteiger partial charge is 0.407 e. The van der Waals surface area contributed by atoms with Crippen LogP contribution in [-0.4, -0.2) is 65.5 Å². The Bertz CT molecular complexity index is 733. The Morgan fingerprint density at radius 2 is 2.04 bits per heavy atom. The average Bonchev–Trinajstić information content (AvgIpc) is 3.05. The second-order valence-corrected chi connectivity index (χ2v) is 6.78. The number of alkyl carbamates (subject to hydrolysis) is 1. The van der Waals surface area contributed by atoms with Crippen molar-refractivity contribution in [2.45, 2.75) is 31.4 Å². The van der Waals surface area contributed by atoms with Gasteiger partial charge in [-0.3, -0.25) is 4.79 Å². The number of nitrogens with two attached hydrogens (primary N) is 1. The monoisotopic (exact) mass is 384 g/mol. The molecule has 2 fully saturated rings. The molecule has 2 saturated heterocycles. The van der Waals surface area contributed by atoms with Crippen LogP contribution in [0.4, 0.5) is 15.3 Å². The molecule has 2 aliphatic heterocycles. The highest BCUT2D eigenvalue weighted by atomic mass is 35.5. The summed E-state index contributed by atoms with van der Waals surface area (Å²) in [6, 6.07) is -0.480. The summed E-state index contributed by atoms with van der Waals surface area (Å²) in [5.41, 5.74) is 5.32. The van der Waals surface area contributed by atoms with Gasteiger partial charge in [0.2, 0.25) is 0 Å². The van der Waals surface area contributed by atoms with E-state index in [-0.39, 0.29) is 17.2 Å². The number of primary amides is 1. The number of halogens is 1. The van der Waals surface area contributed by atoms with Gasteiger partial charge in [-0.25, -0.2) is 14.7 Å². The number of amides is 3. The zero-order valence-corrected chi connectivity index (χ0v) is 14.9. The van der Waals surface area contributed by atoms with Crippen molar-refractivity contribution in [3.63, 3.8) is 0 Å². The van der Waals surface area contributed by atoms with Crippen LogP contribution in [0.25, 0.3) is 0 Å². The number of anilines is 1. The van der Waals surface area contributed by atoms with Crippen molar-refractivity contribution in [3.05, 3.63) is 21.6 Å². The summed E-state index contributed by atoms with van der Waals surface area (Å²) in [5, 5.41) is 8.93. The van der Waals surface area contributed by atoms with Gasteiger partial charge in [0.15, 0.2) is 0 Å². The molecular formula is C15H21ClN6O4. The van der Waals surface area contributed by atoms with Crippen LogP contribution in [0.2, 0.25) is 5.02 Å². The molecule has 1 aromatic heterocycles. The molecule has 0 spiro atoms. The fourth-order valence-electron chi connectivity index (χ4n) is 3.23. The van der Waals surface area contributed by atoms with Crippen LogP contribution in [0.15, 0.2) is 11.0 Å². The van der Waals surface area contributed by atoms with E-state index in [1.165, 1.54) is 6.20 Å². The number of piperidine rings is 1. The van der Waals surface area contributed by atoms with E-state index in [1.807, 2.05) is 4.90 Å². The summed E-state index contributed by atoms with van der Waals surface area (Å²) in [6.45, 7) is 2.09. The summed E-state index contributed by atoms with van der Waals surface area (Å²) >= 11 is 6.01. The molecule has 1 aromatic rings. The highest BCUT2D eigenvalue weighted by Crippen LogP contribution is 2.25. The van der Waals surface area contributed by atoms with Crippen molar-refractivity contribution in [1.82, 2.24) is 20.4 Å². The number of rotatable bonds is 3. The van der Waals surface area contributed by atoms with Crippen LogP contribution in [0.3, 0.4) is 0 Å². The first-order valence-corrected chi connectivity index (χ1v) is 8.81. The fourth-order valence-corrected chi connectivity index (χ4v) is 3.44. The van der Waals surface area contributed by atoms with E-state index in [4.69, 9.17) is 22.1 Å². The lowest BCUT2D eigenvalue weighted by Gasteiger charge is -2.31. The first-order chi connectivity index (χ1) is 12.4. The number of aromatic nitrogens is 2. The summed E-state index contributed by atoms with van der Waals surface area (Å²) in [7, 11) is 0. The lowest BCUT2D eigenvalue weighted by molar-refractivity contribution is 0.101. The Morgan fingerprint density at radius 3 is 2.73 bits per heavy atom. The minimum atomic E-state index is -0.482. The molecule has 0 unspecified atom stereocenters. The van der Waals surface area contributed by atoms with Crippen molar-refractivity contribution in [3.8, 4) is 0 Å². The van der Waals surface area contributed by atoms with Crippen LogP contribution in [0.1, 0.15) is 19.3 Å². The van der Waals surface area contributed by atoms with E-state index >= 15 is 0 Å². The predicted octanol–water partition coefficient (Wildman–Crippen LogP) is 0.271. The number of H-pyrrole nitrogens is 1. The van der Waals surface area contributed by atoms with Crippen LogP contribution < -0.4 is 21.5 Å². The van der Waals surface area contributed by atoms with Crippen molar-refractivity contribution in [2.75, 3.05) is 31.1 Å². The number of hydrogen-bond donors (Lipinski definition) is 3. The maximum Gasteiger partial charge on any atom is 0.407 e. The molecule has 0 bridgehead atoms.